The van der Waals surface area contributed by atoms with Gasteiger partial charge in [0.2, 0.25) is 0 Å². The van der Waals surface area contributed by atoms with Crippen LogP contribution in [0, 0.1) is 17.1 Å². The van der Waals surface area contributed by atoms with E-state index in [1.54, 1.807) is 30.3 Å². The smallest absolute Gasteiger partial charge is 0.147 e. The zero-order valence-electron chi connectivity index (χ0n) is 9.75. The molecule has 0 saturated heterocycles. The van der Waals surface area contributed by atoms with Crippen molar-refractivity contribution in [1.82, 2.24) is 0 Å². The Bertz CT molecular complexity index is 650. The highest BCUT2D eigenvalue weighted by Crippen LogP contribution is 2.22. The summed E-state index contributed by atoms with van der Waals surface area (Å²) in [4.78, 5) is 0. The van der Waals surface area contributed by atoms with E-state index in [0.29, 0.717) is 27.8 Å². The van der Waals surface area contributed by atoms with E-state index in [9.17, 15) is 4.39 Å². The Balaban J connectivity index is 2.13. The molecule has 0 bridgehead atoms. The van der Waals surface area contributed by atoms with Crippen molar-refractivity contribution >= 4 is 28.9 Å². The Kier molecular flexibility index (Phi) is 4.26. The molecule has 19 heavy (non-hydrogen) atoms. The van der Waals surface area contributed by atoms with Gasteiger partial charge in [0, 0.05) is 16.6 Å². The van der Waals surface area contributed by atoms with Crippen LogP contribution in [0.25, 0.3) is 0 Å². The number of nitriles is 1. The molecule has 5 heteroatoms. The summed E-state index contributed by atoms with van der Waals surface area (Å²) in [6.07, 6.45) is 0. The molecule has 2 aromatic carbocycles. The van der Waals surface area contributed by atoms with Gasteiger partial charge in [0.15, 0.2) is 0 Å². The first kappa shape index (κ1) is 13.7. The summed E-state index contributed by atoms with van der Waals surface area (Å²) in [5.74, 6) is -0.419. The van der Waals surface area contributed by atoms with Crippen LogP contribution in [0.3, 0.4) is 0 Å². The van der Waals surface area contributed by atoms with Crippen LogP contribution < -0.4 is 5.32 Å². The Morgan fingerprint density at radius 3 is 2.58 bits per heavy atom. The van der Waals surface area contributed by atoms with Gasteiger partial charge in [-0.2, -0.15) is 5.26 Å². The second kappa shape index (κ2) is 5.92. The standard InChI is InChI=1S/C14H9Cl2FN2/c15-11-3-4-14(13(17)6-11)19-8-10-2-1-9(7-18)5-12(10)16/h1-6,19H,8H2. The van der Waals surface area contributed by atoms with E-state index in [2.05, 4.69) is 5.32 Å². The lowest BCUT2D eigenvalue weighted by Crippen LogP contribution is -2.02. The van der Waals surface area contributed by atoms with Crippen molar-refractivity contribution < 1.29 is 4.39 Å². The fraction of sp³-hybridized carbons (Fsp3) is 0.0714. The van der Waals surface area contributed by atoms with E-state index < -0.39 is 5.82 Å². The van der Waals surface area contributed by atoms with Gasteiger partial charge in [-0.15, -0.1) is 0 Å². The van der Waals surface area contributed by atoms with Crippen molar-refractivity contribution in [3.05, 3.63) is 63.4 Å². The molecular weight excluding hydrogens is 286 g/mol. The molecule has 2 rings (SSSR count). The lowest BCUT2D eigenvalue weighted by atomic mass is 10.1. The first-order valence-electron chi connectivity index (χ1n) is 5.47. The molecule has 0 amide bonds. The number of nitrogens with one attached hydrogen (secondary N) is 1. The fourth-order valence-electron chi connectivity index (χ4n) is 1.58. The van der Waals surface area contributed by atoms with Gasteiger partial charge in [0.05, 0.1) is 17.3 Å². The van der Waals surface area contributed by atoms with Crippen LogP contribution in [0.1, 0.15) is 11.1 Å². The molecular formula is C14H9Cl2FN2. The molecule has 0 radical (unpaired) electrons. The molecule has 0 aliphatic heterocycles. The molecule has 0 saturated carbocycles. The second-order valence-electron chi connectivity index (χ2n) is 3.90. The maximum atomic E-state index is 13.5. The Morgan fingerprint density at radius 2 is 1.95 bits per heavy atom. The third-order valence-electron chi connectivity index (χ3n) is 2.58. The molecule has 96 valence electrons. The van der Waals surface area contributed by atoms with E-state index in [-0.39, 0.29) is 0 Å². The maximum absolute atomic E-state index is 13.5. The predicted molar refractivity (Wildman–Crippen MR) is 74.9 cm³/mol. The van der Waals surface area contributed by atoms with E-state index >= 15 is 0 Å². The van der Waals surface area contributed by atoms with Gasteiger partial charge >= 0.3 is 0 Å². The molecule has 2 nitrogen and oxygen atoms in total. The van der Waals surface area contributed by atoms with Gasteiger partial charge in [0.25, 0.3) is 0 Å². The van der Waals surface area contributed by atoms with Crippen molar-refractivity contribution in [2.75, 3.05) is 5.32 Å². The number of anilines is 1. The van der Waals surface area contributed by atoms with E-state index in [1.165, 1.54) is 6.07 Å². The monoisotopic (exact) mass is 294 g/mol. The van der Waals surface area contributed by atoms with Crippen molar-refractivity contribution in [2.45, 2.75) is 6.54 Å². The topological polar surface area (TPSA) is 35.8 Å². The van der Waals surface area contributed by atoms with Crippen LogP contribution in [-0.4, -0.2) is 0 Å². The normalized spacial score (nSPS) is 10.0. The van der Waals surface area contributed by atoms with Crippen LogP contribution in [0.2, 0.25) is 10.0 Å². The van der Waals surface area contributed by atoms with Crippen molar-refractivity contribution in [2.24, 2.45) is 0 Å². The van der Waals surface area contributed by atoms with Crippen LogP contribution in [0.5, 0.6) is 0 Å². The van der Waals surface area contributed by atoms with Crippen molar-refractivity contribution in [3.8, 4) is 6.07 Å². The average Bonchev–Trinajstić information content (AvgIpc) is 2.39. The molecule has 0 fully saturated rings. The SMILES string of the molecule is N#Cc1ccc(CNc2ccc(Cl)cc2F)c(Cl)c1. The molecule has 0 aliphatic rings. The lowest BCUT2D eigenvalue weighted by molar-refractivity contribution is 0.630. The third-order valence-corrected chi connectivity index (χ3v) is 3.17. The van der Waals surface area contributed by atoms with Gasteiger partial charge in [-0.3, -0.25) is 0 Å². The first-order valence-corrected chi connectivity index (χ1v) is 6.23. The van der Waals surface area contributed by atoms with Gasteiger partial charge in [-0.1, -0.05) is 29.3 Å². The molecule has 0 spiro atoms. The average molecular weight is 295 g/mol. The summed E-state index contributed by atoms with van der Waals surface area (Å²) in [7, 11) is 0. The summed E-state index contributed by atoms with van der Waals surface area (Å²) < 4.78 is 13.5. The number of rotatable bonds is 3. The number of benzene rings is 2. The third kappa shape index (κ3) is 3.37. The van der Waals surface area contributed by atoms with Crippen molar-refractivity contribution in [3.63, 3.8) is 0 Å². The zero-order valence-corrected chi connectivity index (χ0v) is 11.3. The minimum Gasteiger partial charge on any atom is -0.379 e. The van der Waals surface area contributed by atoms with Gasteiger partial charge in [-0.25, -0.2) is 4.39 Å². The summed E-state index contributed by atoms with van der Waals surface area (Å²) in [5, 5.41) is 12.5. The second-order valence-corrected chi connectivity index (χ2v) is 4.74. The minimum atomic E-state index is -0.419. The highest BCUT2D eigenvalue weighted by atomic mass is 35.5. The Hall–Kier alpha value is -1.76. The molecule has 0 atom stereocenters. The van der Waals surface area contributed by atoms with Crippen LogP contribution in [-0.2, 0) is 6.54 Å². The van der Waals surface area contributed by atoms with Crippen LogP contribution in [0.15, 0.2) is 36.4 Å². The Labute approximate surface area is 120 Å². The quantitative estimate of drug-likeness (QED) is 0.897. The maximum Gasteiger partial charge on any atom is 0.147 e. The van der Waals surface area contributed by atoms with E-state index in [1.807, 2.05) is 6.07 Å². The fourth-order valence-corrected chi connectivity index (χ4v) is 1.99. The van der Waals surface area contributed by atoms with Crippen LogP contribution in [0.4, 0.5) is 10.1 Å². The van der Waals surface area contributed by atoms with Gasteiger partial charge in [-0.05, 0) is 35.9 Å². The van der Waals surface area contributed by atoms with Crippen molar-refractivity contribution in [1.29, 1.82) is 5.26 Å². The number of hydrogen-bond donors (Lipinski definition) is 1. The number of halogens is 3. The molecule has 2 aromatic rings. The largest absolute Gasteiger partial charge is 0.379 e. The minimum absolute atomic E-state index is 0.347. The number of nitrogens with zero attached hydrogens (tertiary/aromatic N) is 1. The molecule has 0 aromatic heterocycles. The van der Waals surface area contributed by atoms with Gasteiger partial charge < -0.3 is 5.32 Å². The molecule has 0 unspecified atom stereocenters. The summed E-state index contributed by atoms with van der Waals surface area (Å²) in [5.41, 5.74) is 1.63. The summed E-state index contributed by atoms with van der Waals surface area (Å²) in [6, 6.07) is 11.4. The molecule has 1 N–H and O–H groups in total. The van der Waals surface area contributed by atoms with E-state index in [4.69, 9.17) is 28.5 Å². The van der Waals surface area contributed by atoms with E-state index in [0.717, 1.165) is 5.56 Å². The Morgan fingerprint density at radius 1 is 1.16 bits per heavy atom. The molecule has 0 aliphatic carbocycles. The molecule has 0 heterocycles. The summed E-state index contributed by atoms with van der Waals surface area (Å²) in [6.45, 7) is 0.364. The predicted octanol–water partition coefficient (Wildman–Crippen LogP) is 4.62. The van der Waals surface area contributed by atoms with Gasteiger partial charge in [0.1, 0.15) is 5.82 Å². The highest BCUT2D eigenvalue weighted by Gasteiger charge is 2.05. The first-order chi connectivity index (χ1) is 9.10. The lowest BCUT2D eigenvalue weighted by Gasteiger charge is -2.09. The van der Waals surface area contributed by atoms with Crippen LogP contribution >= 0.6 is 23.2 Å². The zero-order chi connectivity index (χ0) is 13.8. The summed E-state index contributed by atoms with van der Waals surface area (Å²) >= 11 is 11.7. The highest BCUT2D eigenvalue weighted by molar-refractivity contribution is 6.31. The number of hydrogen-bond acceptors (Lipinski definition) is 2.